The third-order valence-corrected chi connectivity index (χ3v) is 4.95. The fraction of sp³-hybridized carbons (Fsp3) is 0.214. The fourth-order valence-electron chi connectivity index (χ4n) is 2.33. The van der Waals surface area contributed by atoms with Gasteiger partial charge in [-0.2, -0.15) is 0 Å². The highest BCUT2D eigenvalue weighted by Gasteiger charge is 2.24. The van der Waals surface area contributed by atoms with Gasteiger partial charge in [0.25, 0.3) is 10.0 Å². The van der Waals surface area contributed by atoms with Crippen molar-refractivity contribution in [2.24, 2.45) is 7.05 Å². The molecule has 0 spiro atoms. The van der Waals surface area contributed by atoms with Crippen LogP contribution in [0.3, 0.4) is 0 Å². The number of nitrogens with zero attached hydrogens (tertiary/aromatic N) is 4. The minimum Gasteiger partial charge on any atom is -0.360 e. The Morgan fingerprint density at radius 3 is 2.65 bits per heavy atom. The number of hydrogen-bond donors (Lipinski definition) is 1. The molecule has 0 aliphatic heterocycles. The molecule has 8 nitrogen and oxygen atoms in total. The Bertz CT molecular complexity index is 939. The average Bonchev–Trinajstić information content (AvgIpc) is 3.05. The molecule has 2 heterocycles. The lowest BCUT2D eigenvalue weighted by Gasteiger charge is -2.09. The molecule has 120 valence electrons. The first-order valence-corrected chi connectivity index (χ1v) is 8.27. The molecule has 0 saturated heterocycles. The van der Waals surface area contributed by atoms with Crippen LogP contribution in [0.25, 0.3) is 11.4 Å². The maximum Gasteiger partial charge on any atom is 0.267 e. The van der Waals surface area contributed by atoms with Crippen LogP contribution >= 0.6 is 0 Å². The average molecular weight is 333 g/mol. The summed E-state index contributed by atoms with van der Waals surface area (Å²) in [6, 6.07) is 6.93. The van der Waals surface area contributed by atoms with Crippen LogP contribution < -0.4 is 4.72 Å². The van der Waals surface area contributed by atoms with Crippen molar-refractivity contribution < 1.29 is 12.9 Å². The van der Waals surface area contributed by atoms with Gasteiger partial charge in [-0.05, 0) is 26.0 Å². The largest absolute Gasteiger partial charge is 0.360 e. The minimum atomic E-state index is -3.78. The molecule has 2 aromatic heterocycles. The first-order valence-electron chi connectivity index (χ1n) is 6.78. The molecule has 0 aliphatic carbocycles. The number of sulfonamides is 1. The van der Waals surface area contributed by atoms with E-state index in [0.717, 1.165) is 5.56 Å². The predicted octanol–water partition coefficient (Wildman–Crippen LogP) is 1.89. The third-order valence-electron chi connectivity index (χ3n) is 3.32. The minimum absolute atomic E-state index is 0.0570. The molecule has 3 rings (SSSR count). The van der Waals surface area contributed by atoms with E-state index in [1.807, 2.05) is 13.1 Å². The summed E-state index contributed by atoms with van der Waals surface area (Å²) in [4.78, 5) is 0.0570. The number of aromatic nitrogens is 4. The summed E-state index contributed by atoms with van der Waals surface area (Å²) in [5, 5.41) is 11.5. The Kier molecular flexibility index (Phi) is 3.64. The van der Waals surface area contributed by atoms with E-state index in [1.54, 1.807) is 42.9 Å². The molecule has 0 atom stereocenters. The first-order chi connectivity index (χ1) is 10.9. The fourth-order valence-corrected chi connectivity index (χ4v) is 3.71. The van der Waals surface area contributed by atoms with Gasteiger partial charge >= 0.3 is 0 Å². The Morgan fingerprint density at radius 2 is 2.04 bits per heavy atom. The molecular formula is C14H15N5O3S. The van der Waals surface area contributed by atoms with E-state index in [9.17, 15) is 8.42 Å². The highest BCUT2D eigenvalue weighted by Crippen LogP contribution is 2.25. The van der Waals surface area contributed by atoms with Crippen molar-refractivity contribution in [2.75, 3.05) is 4.72 Å². The second-order valence-electron chi connectivity index (χ2n) is 5.11. The number of rotatable bonds is 4. The normalized spacial score (nSPS) is 11.6. The van der Waals surface area contributed by atoms with Gasteiger partial charge < -0.3 is 9.09 Å². The number of aryl methyl sites for hydroxylation is 3. The van der Waals surface area contributed by atoms with Gasteiger partial charge in [-0.25, -0.2) is 8.42 Å². The molecule has 1 aromatic carbocycles. The van der Waals surface area contributed by atoms with E-state index in [-0.39, 0.29) is 10.7 Å². The van der Waals surface area contributed by atoms with E-state index in [1.165, 1.54) is 0 Å². The highest BCUT2D eigenvalue weighted by molar-refractivity contribution is 7.92. The van der Waals surface area contributed by atoms with Gasteiger partial charge in [0.05, 0.1) is 0 Å². The molecule has 1 N–H and O–H groups in total. The lowest BCUT2D eigenvalue weighted by atomic mass is 10.2. The molecule has 9 heteroatoms. The molecule has 0 unspecified atom stereocenters. The summed E-state index contributed by atoms with van der Waals surface area (Å²) in [6.45, 7) is 3.14. The van der Waals surface area contributed by atoms with Gasteiger partial charge in [0, 0.05) is 18.3 Å². The van der Waals surface area contributed by atoms with E-state index in [2.05, 4.69) is 20.1 Å². The summed E-state index contributed by atoms with van der Waals surface area (Å²) < 4.78 is 34.3. The van der Waals surface area contributed by atoms with Crippen LogP contribution in [-0.4, -0.2) is 28.3 Å². The van der Waals surface area contributed by atoms with Crippen molar-refractivity contribution in [2.45, 2.75) is 18.7 Å². The molecule has 3 aromatic rings. The first kappa shape index (κ1) is 15.2. The SMILES string of the molecule is Cc1noc(C)c1S(=O)(=O)Nc1cccc(-c2nncn2C)c1. The Hall–Kier alpha value is -2.68. The molecule has 0 aliphatic rings. The molecule has 0 bridgehead atoms. The molecule has 0 radical (unpaired) electrons. The van der Waals surface area contributed by atoms with Crippen molar-refractivity contribution in [3.8, 4) is 11.4 Å². The maximum absolute atomic E-state index is 12.5. The second-order valence-corrected chi connectivity index (χ2v) is 6.72. The lowest BCUT2D eigenvalue weighted by molar-refractivity contribution is 0.390. The molecule has 0 amide bonds. The number of benzene rings is 1. The topological polar surface area (TPSA) is 103 Å². The van der Waals surface area contributed by atoms with E-state index >= 15 is 0 Å². The Balaban J connectivity index is 1.97. The summed E-state index contributed by atoms with van der Waals surface area (Å²) in [5.41, 5.74) is 1.49. The third kappa shape index (κ3) is 2.82. The number of anilines is 1. The summed E-state index contributed by atoms with van der Waals surface area (Å²) in [5.74, 6) is 0.892. The van der Waals surface area contributed by atoms with Gasteiger partial charge in [-0.15, -0.1) is 10.2 Å². The zero-order valence-corrected chi connectivity index (χ0v) is 13.6. The molecular weight excluding hydrogens is 318 g/mol. The zero-order chi connectivity index (χ0) is 16.6. The van der Waals surface area contributed by atoms with Crippen LogP contribution in [0.15, 0.2) is 40.0 Å². The standard InChI is InChI=1S/C14H15N5O3S/c1-9-13(10(2)22-17-9)23(20,21)18-12-6-4-5-11(7-12)14-16-15-8-19(14)3/h4-8,18H,1-3H3. The Morgan fingerprint density at radius 1 is 1.26 bits per heavy atom. The highest BCUT2D eigenvalue weighted by atomic mass is 32.2. The van der Waals surface area contributed by atoms with Crippen LogP contribution in [0.5, 0.6) is 0 Å². The van der Waals surface area contributed by atoms with Crippen molar-refractivity contribution in [3.63, 3.8) is 0 Å². The molecule has 23 heavy (non-hydrogen) atoms. The van der Waals surface area contributed by atoms with Crippen molar-refractivity contribution >= 4 is 15.7 Å². The molecule has 0 saturated carbocycles. The molecule has 0 fully saturated rings. The van der Waals surface area contributed by atoms with Crippen LogP contribution in [0.1, 0.15) is 11.5 Å². The van der Waals surface area contributed by atoms with Gasteiger partial charge in [-0.3, -0.25) is 4.72 Å². The lowest BCUT2D eigenvalue weighted by Crippen LogP contribution is -2.14. The monoisotopic (exact) mass is 333 g/mol. The van der Waals surface area contributed by atoms with Crippen LogP contribution in [-0.2, 0) is 17.1 Å². The van der Waals surface area contributed by atoms with Gasteiger partial charge in [0.15, 0.2) is 16.5 Å². The summed E-state index contributed by atoms with van der Waals surface area (Å²) >= 11 is 0. The predicted molar refractivity (Wildman–Crippen MR) is 83.2 cm³/mol. The summed E-state index contributed by atoms with van der Waals surface area (Å²) in [6.07, 6.45) is 1.58. The van der Waals surface area contributed by atoms with Gasteiger partial charge in [0.1, 0.15) is 12.0 Å². The quantitative estimate of drug-likeness (QED) is 0.782. The second kappa shape index (κ2) is 5.51. The number of nitrogens with one attached hydrogen (secondary N) is 1. The smallest absolute Gasteiger partial charge is 0.267 e. The van der Waals surface area contributed by atoms with Crippen molar-refractivity contribution in [1.82, 2.24) is 19.9 Å². The van der Waals surface area contributed by atoms with Crippen molar-refractivity contribution in [3.05, 3.63) is 42.0 Å². The summed E-state index contributed by atoms with van der Waals surface area (Å²) in [7, 11) is -1.96. The van der Waals surface area contributed by atoms with E-state index < -0.39 is 10.0 Å². The zero-order valence-electron chi connectivity index (χ0n) is 12.8. The maximum atomic E-state index is 12.5. The van der Waals surface area contributed by atoms with Gasteiger partial charge in [-0.1, -0.05) is 17.3 Å². The van der Waals surface area contributed by atoms with E-state index in [0.29, 0.717) is 17.2 Å². The van der Waals surface area contributed by atoms with Crippen molar-refractivity contribution in [1.29, 1.82) is 0 Å². The number of hydrogen-bond acceptors (Lipinski definition) is 6. The van der Waals surface area contributed by atoms with Crippen LogP contribution in [0, 0.1) is 13.8 Å². The Labute approximate surface area is 133 Å². The van der Waals surface area contributed by atoms with Crippen LogP contribution in [0.4, 0.5) is 5.69 Å². The van der Waals surface area contributed by atoms with E-state index in [4.69, 9.17) is 4.52 Å². The van der Waals surface area contributed by atoms with Gasteiger partial charge in [0.2, 0.25) is 0 Å². The van der Waals surface area contributed by atoms with Crippen LogP contribution in [0.2, 0.25) is 0 Å².